The zero-order valence-corrected chi connectivity index (χ0v) is 15.9. The molecule has 2 aromatic rings. The van der Waals surface area contributed by atoms with Gasteiger partial charge in [-0.15, -0.1) is 11.8 Å². The van der Waals surface area contributed by atoms with Gasteiger partial charge in [0.25, 0.3) is 5.69 Å². The fourth-order valence-corrected chi connectivity index (χ4v) is 3.19. The summed E-state index contributed by atoms with van der Waals surface area (Å²) in [4.78, 5) is 23.4. The Kier molecular flexibility index (Phi) is 6.70. The number of methoxy groups -OCH3 is 2. The Morgan fingerprint density at radius 1 is 1.19 bits per heavy atom. The molecular weight excluding hydrogens is 380 g/mol. The fourth-order valence-electron chi connectivity index (χ4n) is 2.10. The van der Waals surface area contributed by atoms with Gasteiger partial charge in [-0.3, -0.25) is 14.9 Å². The molecule has 0 saturated carbocycles. The molecule has 26 heavy (non-hydrogen) atoms. The molecule has 0 fully saturated rings. The van der Waals surface area contributed by atoms with Crippen molar-refractivity contribution in [1.82, 2.24) is 0 Å². The Hall–Kier alpha value is -2.45. The minimum absolute atomic E-state index is 0.00412. The third-order valence-corrected chi connectivity index (χ3v) is 4.87. The molecular formula is C17H17ClN2O5S. The third kappa shape index (κ3) is 4.80. The Bertz CT molecular complexity index is 814. The van der Waals surface area contributed by atoms with E-state index < -0.39 is 10.2 Å². The molecule has 0 heterocycles. The average Bonchev–Trinajstić information content (AvgIpc) is 2.63. The number of nitrogens with zero attached hydrogens (tertiary/aromatic N) is 1. The predicted octanol–water partition coefficient (Wildman–Crippen LogP) is 4.38. The van der Waals surface area contributed by atoms with Crippen LogP contribution in [-0.2, 0) is 4.79 Å². The first-order valence-corrected chi connectivity index (χ1v) is 8.75. The van der Waals surface area contributed by atoms with Crippen LogP contribution in [0.4, 0.5) is 11.4 Å². The first-order valence-electron chi connectivity index (χ1n) is 7.49. The van der Waals surface area contributed by atoms with Gasteiger partial charge in [0, 0.05) is 29.2 Å². The lowest BCUT2D eigenvalue weighted by molar-refractivity contribution is -0.384. The highest BCUT2D eigenvalue weighted by molar-refractivity contribution is 8.00. The second-order valence-electron chi connectivity index (χ2n) is 5.19. The molecule has 0 aliphatic carbocycles. The smallest absolute Gasteiger partial charge is 0.269 e. The number of nitro groups is 1. The summed E-state index contributed by atoms with van der Waals surface area (Å²) in [7, 11) is 2.95. The first kappa shape index (κ1) is 19.9. The number of rotatable bonds is 7. The number of halogens is 1. The van der Waals surface area contributed by atoms with Crippen molar-refractivity contribution >= 4 is 40.6 Å². The first-order chi connectivity index (χ1) is 12.3. The van der Waals surface area contributed by atoms with E-state index in [4.69, 9.17) is 21.1 Å². The van der Waals surface area contributed by atoms with E-state index in [0.717, 1.165) is 4.90 Å². The molecule has 1 N–H and O–H groups in total. The normalized spacial score (nSPS) is 11.5. The zero-order chi connectivity index (χ0) is 19.3. The van der Waals surface area contributed by atoms with Gasteiger partial charge in [0.15, 0.2) is 0 Å². The van der Waals surface area contributed by atoms with Crippen LogP contribution in [0, 0.1) is 10.1 Å². The number of anilines is 1. The van der Waals surface area contributed by atoms with Crippen molar-refractivity contribution in [3.8, 4) is 11.5 Å². The molecule has 2 rings (SSSR count). The van der Waals surface area contributed by atoms with Crippen LogP contribution < -0.4 is 14.8 Å². The van der Waals surface area contributed by atoms with Crippen LogP contribution in [0.2, 0.25) is 5.02 Å². The van der Waals surface area contributed by atoms with Crippen molar-refractivity contribution in [2.75, 3.05) is 19.5 Å². The molecule has 0 radical (unpaired) electrons. The lowest BCUT2D eigenvalue weighted by atomic mass is 10.2. The summed E-state index contributed by atoms with van der Waals surface area (Å²) in [5.41, 5.74) is 0.444. The predicted molar refractivity (Wildman–Crippen MR) is 102 cm³/mol. The van der Waals surface area contributed by atoms with E-state index >= 15 is 0 Å². The monoisotopic (exact) mass is 396 g/mol. The molecule has 0 aliphatic rings. The Morgan fingerprint density at radius 3 is 2.35 bits per heavy atom. The van der Waals surface area contributed by atoms with Gasteiger partial charge in [0.1, 0.15) is 11.5 Å². The van der Waals surface area contributed by atoms with Gasteiger partial charge in [-0.05, 0) is 19.1 Å². The van der Waals surface area contributed by atoms with Gasteiger partial charge in [0.05, 0.1) is 35.1 Å². The second kappa shape index (κ2) is 8.77. The molecule has 1 atom stereocenters. The van der Waals surface area contributed by atoms with Gasteiger partial charge in [-0.25, -0.2) is 0 Å². The summed E-state index contributed by atoms with van der Waals surface area (Å²) >= 11 is 7.34. The number of carbonyl (C=O) groups is 1. The topological polar surface area (TPSA) is 90.7 Å². The van der Waals surface area contributed by atoms with Crippen LogP contribution in [0.1, 0.15) is 6.92 Å². The molecule has 138 valence electrons. The highest BCUT2D eigenvalue weighted by atomic mass is 35.5. The van der Waals surface area contributed by atoms with Crippen LogP contribution >= 0.6 is 23.4 Å². The van der Waals surface area contributed by atoms with Crippen molar-refractivity contribution in [1.29, 1.82) is 0 Å². The molecule has 7 nitrogen and oxygen atoms in total. The molecule has 0 bridgehead atoms. The van der Waals surface area contributed by atoms with E-state index in [-0.39, 0.29) is 11.6 Å². The molecule has 9 heteroatoms. The highest BCUT2D eigenvalue weighted by Crippen LogP contribution is 2.36. The maximum atomic E-state index is 12.5. The summed E-state index contributed by atoms with van der Waals surface area (Å²) < 4.78 is 10.4. The molecule has 0 aliphatic heterocycles. The van der Waals surface area contributed by atoms with E-state index in [2.05, 4.69) is 5.32 Å². The second-order valence-corrected chi connectivity index (χ2v) is 7.01. The van der Waals surface area contributed by atoms with Crippen LogP contribution in [0.5, 0.6) is 11.5 Å². The molecule has 1 amide bonds. The summed E-state index contributed by atoms with van der Waals surface area (Å²) in [6, 6.07) is 9.17. The number of non-ortho nitro benzene ring substituents is 1. The van der Waals surface area contributed by atoms with Gasteiger partial charge < -0.3 is 14.8 Å². The summed E-state index contributed by atoms with van der Waals surface area (Å²) in [5, 5.41) is 13.4. The maximum absolute atomic E-state index is 12.5. The number of carbonyl (C=O) groups excluding carboxylic acids is 1. The third-order valence-electron chi connectivity index (χ3n) is 3.46. The van der Waals surface area contributed by atoms with Crippen molar-refractivity contribution in [2.24, 2.45) is 0 Å². The van der Waals surface area contributed by atoms with E-state index in [9.17, 15) is 14.9 Å². The van der Waals surface area contributed by atoms with E-state index in [0.29, 0.717) is 22.2 Å². The van der Waals surface area contributed by atoms with E-state index in [1.54, 1.807) is 31.2 Å². The van der Waals surface area contributed by atoms with Crippen molar-refractivity contribution in [2.45, 2.75) is 17.1 Å². The Balaban J connectivity index is 2.10. The summed E-state index contributed by atoms with van der Waals surface area (Å²) in [6.45, 7) is 1.74. The number of thioether (sulfide) groups is 1. The van der Waals surface area contributed by atoms with Crippen molar-refractivity contribution in [3.05, 3.63) is 51.5 Å². The number of hydrogen-bond acceptors (Lipinski definition) is 6. The Morgan fingerprint density at radius 2 is 1.81 bits per heavy atom. The van der Waals surface area contributed by atoms with Crippen LogP contribution in [0.25, 0.3) is 0 Å². The van der Waals surface area contributed by atoms with Gasteiger partial charge in [0.2, 0.25) is 5.91 Å². The molecule has 1 unspecified atom stereocenters. The van der Waals surface area contributed by atoms with Crippen LogP contribution in [0.3, 0.4) is 0 Å². The van der Waals surface area contributed by atoms with Crippen LogP contribution in [-0.4, -0.2) is 30.3 Å². The molecule has 0 aromatic heterocycles. The Labute approximate surface area is 159 Å². The van der Waals surface area contributed by atoms with Gasteiger partial charge in [-0.1, -0.05) is 11.6 Å². The van der Waals surface area contributed by atoms with Gasteiger partial charge in [-0.2, -0.15) is 0 Å². The number of amides is 1. The average molecular weight is 397 g/mol. The van der Waals surface area contributed by atoms with E-state index in [1.807, 2.05) is 0 Å². The van der Waals surface area contributed by atoms with Gasteiger partial charge >= 0.3 is 0 Å². The SMILES string of the molecule is COc1cc(NC(=O)C(C)Sc2ccc([N+](=O)[O-])cc2)c(OC)cc1Cl. The summed E-state index contributed by atoms with van der Waals surface area (Å²) in [6.07, 6.45) is 0. The zero-order valence-electron chi connectivity index (χ0n) is 14.3. The minimum atomic E-state index is -0.467. The van der Waals surface area contributed by atoms with Crippen molar-refractivity contribution < 1.29 is 19.2 Å². The molecule has 0 saturated heterocycles. The fraction of sp³-hybridized carbons (Fsp3) is 0.235. The number of benzene rings is 2. The minimum Gasteiger partial charge on any atom is -0.495 e. The standard InChI is InChI=1S/C17H17ClN2O5S/c1-10(26-12-6-4-11(5-7-12)20(22)23)17(21)19-14-9-15(24-2)13(18)8-16(14)25-3/h4-10H,1-3H3,(H,19,21). The van der Waals surface area contributed by atoms with Crippen molar-refractivity contribution in [3.63, 3.8) is 0 Å². The number of hydrogen-bond donors (Lipinski definition) is 1. The molecule has 0 spiro atoms. The lowest BCUT2D eigenvalue weighted by Crippen LogP contribution is -2.22. The molecule has 2 aromatic carbocycles. The number of nitrogens with one attached hydrogen (secondary N) is 1. The maximum Gasteiger partial charge on any atom is 0.269 e. The quantitative estimate of drug-likeness (QED) is 0.424. The largest absolute Gasteiger partial charge is 0.495 e. The number of ether oxygens (including phenoxy) is 2. The lowest BCUT2D eigenvalue weighted by Gasteiger charge is -2.16. The van der Waals surface area contributed by atoms with Crippen LogP contribution in [0.15, 0.2) is 41.3 Å². The summed E-state index contributed by atoms with van der Waals surface area (Å²) in [5.74, 6) is 0.575. The highest BCUT2D eigenvalue weighted by Gasteiger charge is 2.18. The number of nitro benzene ring substituents is 1. The van der Waals surface area contributed by atoms with E-state index in [1.165, 1.54) is 38.1 Å².